The van der Waals surface area contributed by atoms with Crippen molar-refractivity contribution in [2.45, 2.75) is 61.3 Å². The number of aryl methyl sites for hydroxylation is 3. The average molecular weight is 287 g/mol. The number of hydrogen-bond donors (Lipinski definition) is 0. The van der Waals surface area contributed by atoms with Crippen LogP contribution in [-0.4, -0.2) is 0 Å². The van der Waals surface area contributed by atoms with Gasteiger partial charge in [-0.2, -0.15) is 0 Å². The largest absolute Gasteiger partial charge is 0.0683 e. The van der Waals surface area contributed by atoms with E-state index in [0.717, 1.165) is 12.8 Å². The van der Waals surface area contributed by atoms with Crippen molar-refractivity contribution in [3.05, 3.63) is 71.3 Å². The van der Waals surface area contributed by atoms with Gasteiger partial charge in [-0.1, -0.05) is 96.1 Å². The maximum Gasteiger partial charge on any atom is -0.0305 e. The lowest BCUT2D eigenvalue weighted by molar-refractivity contribution is 1.11. The Bertz CT molecular complexity index is 415. The van der Waals surface area contributed by atoms with Gasteiger partial charge in [-0.25, -0.2) is 0 Å². The number of rotatable bonds is 2. The highest BCUT2D eigenvalue weighted by Gasteiger charge is 1.89. The quantitative estimate of drug-likeness (QED) is 0.565. The summed E-state index contributed by atoms with van der Waals surface area (Å²) in [5.74, 6) is 0. The van der Waals surface area contributed by atoms with E-state index in [1.807, 2.05) is 33.8 Å². The molecule has 0 heterocycles. The first-order valence-corrected chi connectivity index (χ1v) is 8.36. The lowest BCUT2D eigenvalue weighted by Crippen LogP contribution is -1.82. The Labute approximate surface area is 133 Å². The van der Waals surface area contributed by atoms with E-state index in [1.165, 1.54) is 16.7 Å². The van der Waals surface area contributed by atoms with Crippen LogP contribution in [0.4, 0.5) is 0 Å². The van der Waals surface area contributed by atoms with E-state index in [1.54, 1.807) is 0 Å². The molecule has 2 aromatic rings. The van der Waals surface area contributed by atoms with Crippen LogP contribution in [0.2, 0.25) is 0 Å². The Kier molecular flexibility index (Phi) is 17.1. The van der Waals surface area contributed by atoms with Crippen LogP contribution in [0.25, 0.3) is 0 Å². The second-order valence-electron chi connectivity index (χ2n) is 4.12. The molecule has 0 unspecified atom stereocenters. The fraction of sp³-hybridized carbons (Fsp3) is 0.429. The second kappa shape index (κ2) is 16.5. The van der Waals surface area contributed by atoms with Crippen molar-refractivity contribution in [1.82, 2.24) is 0 Å². The fourth-order valence-electron chi connectivity index (χ4n) is 1.72. The van der Waals surface area contributed by atoms with Crippen LogP contribution >= 0.6 is 0 Å². The summed E-state index contributed by atoms with van der Waals surface area (Å²) in [7, 11) is 0. The van der Waals surface area contributed by atoms with Gasteiger partial charge in [0.05, 0.1) is 0 Å². The van der Waals surface area contributed by atoms with Gasteiger partial charge in [0, 0.05) is 0 Å². The molecule has 0 atom stereocenters. The molecule has 0 saturated carbocycles. The molecule has 0 fully saturated rings. The second-order valence-corrected chi connectivity index (χ2v) is 4.12. The Morgan fingerprint density at radius 2 is 1.10 bits per heavy atom. The van der Waals surface area contributed by atoms with Gasteiger partial charge >= 0.3 is 0 Å². The smallest absolute Gasteiger partial charge is 0.0305 e. The zero-order valence-electron chi connectivity index (χ0n) is 15.1. The molecule has 0 amide bonds. The van der Waals surface area contributed by atoms with E-state index in [9.17, 15) is 0 Å². The molecule has 21 heavy (non-hydrogen) atoms. The summed E-state index contributed by atoms with van der Waals surface area (Å²) in [6.45, 7) is 14.5. The Morgan fingerprint density at radius 3 is 1.43 bits per heavy atom. The van der Waals surface area contributed by atoms with Gasteiger partial charge in [0.1, 0.15) is 0 Å². The minimum atomic E-state index is 1.14. The minimum absolute atomic E-state index is 1.14. The van der Waals surface area contributed by atoms with Crippen LogP contribution in [0.15, 0.2) is 54.6 Å². The number of benzene rings is 2. The van der Waals surface area contributed by atoms with Crippen LogP contribution < -0.4 is 0 Å². The molecule has 0 nitrogen and oxygen atoms in total. The van der Waals surface area contributed by atoms with E-state index in [4.69, 9.17) is 0 Å². The van der Waals surface area contributed by atoms with Crippen LogP contribution in [0.5, 0.6) is 0 Å². The van der Waals surface area contributed by atoms with E-state index in [-0.39, 0.29) is 0 Å². The van der Waals surface area contributed by atoms with Gasteiger partial charge in [-0.05, 0) is 36.5 Å². The Morgan fingerprint density at radius 1 is 0.619 bits per heavy atom. The molecule has 118 valence electrons. The molecule has 0 aromatic heterocycles. The van der Waals surface area contributed by atoms with Gasteiger partial charge in [0.25, 0.3) is 0 Å². The van der Waals surface area contributed by atoms with Crippen molar-refractivity contribution < 1.29 is 0 Å². The summed E-state index contributed by atoms with van der Waals surface area (Å²) in [4.78, 5) is 0. The van der Waals surface area contributed by atoms with Crippen LogP contribution in [-0.2, 0) is 12.8 Å². The van der Waals surface area contributed by atoms with E-state index in [2.05, 4.69) is 69.3 Å². The summed E-state index contributed by atoms with van der Waals surface area (Å²) in [6, 6.07) is 18.9. The first-order chi connectivity index (χ1) is 10.3. The maximum absolute atomic E-state index is 2.18. The van der Waals surface area contributed by atoms with Crippen molar-refractivity contribution in [2.24, 2.45) is 0 Å². The third kappa shape index (κ3) is 10.8. The summed E-state index contributed by atoms with van der Waals surface area (Å²) < 4.78 is 0. The lowest BCUT2D eigenvalue weighted by atomic mass is 10.1. The SMILES string of the molecule is CC.CC.CCc1ccccc1.CCc1ccccc1C. The van der Waals surface area contributed by atoms with Crippen LogP contribution in [0.1, 0.15) is 58.2 Å². The van der Waals surface area contributed by atoms with Gasteiger partial charge in [-0.3, -0.25) is 0 Å². The monoisotopic (exact) mass is 286 g/mol. The molecule has 0 aliphatic rings. The molecular formula is C21H34. The molecule has 0 aliphatic carbocycles. The average Bonchev–Trinajstić information content (AvgIpc) is 2.60. The standard InChI is InChI=1S/C9H12.C8H10.2C2H6/c1-3-9-7-5-4-6-8(9)2;1-2-8-6-4-3-5-7-8;2*1-2/h4-7H,3H2,1-2H3;3-7H,2H2,1H3;2*1-2H3. The third-order valence-corrected chi connectivity index (χ3v) is 2.89. The molecule has 0 bridgehead atoms. The van der Waals surface area contributed by atoms with Gasteiger partial charge < -0.3 is 0 Å². The van der Waals surface area contributed by atoms with Crippen molar-refractivity contribution in [2.75, 3.05) is 0 Å². The van der Waals surface area contributed by atoms with E-state index < -0.39 is 0 Å². The predicted octanol–water partition coefficient (Wildman–Crippen LogP) is 6.86. The normalized spacial score (nSPS) is 8.14. The molecule has 0 saturated heterocycles. The van der Waals surface area contributed by atoms with Gasteiger partial charge in [0.2, 0.25) is 0 Å². The minimum Gasteiger partial charge on any atom is -0.0683 e. The Balaban J connectivity index is 0. The van der Waals surface area contributed by atoms with E-state index in [0.29, 0.717) is 0 Å². The highest BCUT2D eigenvalue weighted by atomic mass is 13.9. The first kappa shape index (κ1) is 21.7. The maximum atomic E-state index is 2.18. The molecule has 2 aromatic carbocycles. The van der Waals surface area contributed by atoms with Gasteiger partial charge in [0.15, 0.2) is 0 Å². The van der Waals surface area contributed by atoms with Crippen molar-refractivity contribution >= 4 is 0 Å². The summed E-state index contributed by atoms with van der Waals surface area (Å²) in [5, 5.41) is 0. The summed E-state index contributed by atoms with van der Waals surface area (Å²) in [5.41, 5.74) is 4.27. The first-order valence-electron chi connectivity index (χ1n) is 8.36. The molecule has 0 N–H and O–H groups in total. The Hall–Kier alpha value is -1.56. The molecule has 0 spiro atoms. The third-order valence-electron chi connectivity index (χ3n) is 2.89. The van der Waals surface area contributed by atoms with Crippen molar-refractivity contribution in [3.8, 4) is 0 Å². The molecule has 0 heteroatoms. The summed E-state index contributed by atoms with van der Waals surface area (Å²) >= 11 is 0. The zero-order valence-corrected chi connectivity index (χ0v) is 15.1. The van der Waals surface area contributed by atoms with Crippen LogP contribution in [0.3, 0.4) is 0 Å². The summed E-state index contributed by atoms with van der Waals surface area (Å²) in [6.07, 6.45) is 2.29. The van der Waals surface area contributed by atoms with Crippen molar-refractivity contribution in [3.63, 3.8) is 0 Å². The van der Waals surface area contributed by atoms with Gasteiger partial charge in [-0.15, -0.1) is 0 Å². The predicted molar refractivity (Wildman–Crippen MR) is 99.1 cm³/mol. The molecular weight excluding hydrogens is 252 g/mol. The fourth-order valence-corrected chi connectivity index (χ4v) is 1.72. The topological polar surface area (TPSA) is 0 Å². The number of hydrogen-bond acceptors (Lipinski definition) is 0. The van der Waals surface area contributed by atoms with Crippen molar-refractivity contribution in [1.29, 1.82) is 0 Å². The highest BCUT2D eigenvalue weighted by Crippen LogP contribution is 2.06. The lowest BCUT2D eigenvalue weighted by Gasteiger charge is -1.98. The van der Waals surface area contributed by atoms with Crippen LogP contribution in [0, 0.1) is 6.92 Å². The highest BCUT2D eigenvalue weighted by molar-refractivity contribution is 5.25. The van der Waals surface area contributed by atoms with E-state index >= 15 is 0 Å². The molecule has 0 aliphatic heterocycles. The molecule has 0 radical (unpaired) electrons. The zero-order chi connectivity index (χ0) is 16.5. The molecule has 2 rings (SSSR count).